The van der Waals surface area contributed by atoms with Crippen LogP contribution in [0.3, 0.4) is 0 Å². The van der Waals surface area contributed by atoms with E-state index >= 15 is 0 Å². The molecular formula is C25H30N2O5S. The van der Waals surface area contributed by atoms with Gasteiger partial charge in [-0.15, -0.1) is 11.3 Å². The van der Waals surface area contributed by atoms with Crippen molar-refractivity contribution < 1.29 is 23.9 Å². The van der Waals surface area contributed by atoms with Crippen LogP contribution in [0.15, 0.2) is 41.8 Å². The van der Waals surface area contributed by atoms with Crippen LogP contribution in [0.4, 0.5) is 4.79 Å². The van der Waals surface area contributed by atoms with Gasteiger partial charge in [-0.25, -0.2) is 4.79 Å². The number of benzene rings is 1. The van der Waals surface area contributed by atoms with Crippen molar-refractivity contribution in [1.82, 2.24) is 10.6 Å². The fourth-order valence-corrected chi connectivity index (χ4v) is 4.85. The average Bonchev–Trinajstić information content (AvgIpc) is 3.25. The number of fused-ring (bicyclic) bond motifs is 1. The molecule has 1 aromatic heterocycles. The maximum Gasteiger partial charge on any atom is 0.408 e. The number of thiophene rings is 1. The number of carbonyl (C=O) groups excluding carboxylic acids is 4. The molecule has 2 heterocycles. The molecule has 2 atom stereocenters. The average molecular weight is 471 g/mol. The first-order chi connectivity index (χ1) is 15.8. The van der Waals surface area contributed by atoms with Crippen LogP contribution >= 0.6 is 11.3 Å². The lowest BCUT2D eigenvalue weighted by molar-refractivity contribution is -0.141. The largest absolute Gasteiger partial charge is 0.445 e. The highest BCUT2D eigenvalue weighted by molar-refractivity contribution is 7.10. The molecule has 0 bridgehead atoms. The van der Waals surface area contributed by atoms with Gasteiger partial charge < -0.3 is 15.4 Å². The van der Waals surface area contributed by atoms with Gasteiger partial charge in [0.15, 0.2) is 5.78 Å². The van der Waals surface area contributed by atoms with Crippen molar-refractivity contribution in [3.05, 3.63) is 57.8 Å². The van der Waals surface area contributed by atoms with Crippen molar-refractivity contribution in [2.45, 2.75) is 52.2 Å². The summed E-state index contributed by atoms with van der Waals surface area (Å²) >= 11 is 1.64. The van der Waals surface area contributed by atoms with E-state index in [0.29, 0.717) is 25.8 Å². The first-order valence-corrected chi connectivity index (χ1v) is 12.1. The number of ether oxygens (including phenoxy) is 1. The first kappa shape index (κ1) is 24.6. The number of hydrogen-bond acceptors (Lipinski definition) is 6. The normalized spacial score (nSPS) is 17.6. The molecule has 1 aliphatic heterocycles. The lowest BCUT2D eigenvalue weighted by Crippen LogP contribution is -2.46. The number of carbonyl (C=O) groups is 4. The van der Waals surface area contributed by atoms with Gasteiger partial charge in [0.25, 0.3) is 5.91 Å². The molecule has 0 aliphatic carbocycles. The number of hydrogen-bond donors (Lipinski definition) is 2. The second kappa shape index (κ2) is 11.7. The highest BCUT2D eigenvalue weighted by atomic mass is 32.1. The number of Topliss-reactive ketones (excluding diaryl/α,β-unsaturated/α-hetero) is 2. The molecule has 3 rings (SSSR count). The SMILES string of the molecule is CC(C)C(NC(=O)OCc1ccccc1)C(=O)CC1CCc2ccsc2CCNC(=O)C1=O. The summed E-state index contributed by atoms with van der Waals surface area (Å²) in [6, 6.07) is 10.5. The zero-order chi connectivity index (χ0) is 23.8. The molecule has 0 radical (unpaired) electrons. The summed E-state index contributed by atoms with van der Waals surface area (Å²) in [5.74, 6) is -2.43. The monoisotopic (exact) mass is 470 g/mol. The number of amides is 2. The molecule has 2 N–H and O–H groups in total. The van der Waals surface area contributed by atoms with Gasteiger partial charge in [-0.2, -0.15) is 0 Å². The molecule has 1 aromatic carbocycles. The van der Waals surface area contributed by atoms with Gasteiger partial charge in [0.1, 0.15) is 6.61 Å². The van der Waals surface area contributed by atoms with E-state index < -0.39 is 29.7 Å². The molecule has 1 aliphatic rings. The molecule has 0 saturated carbocycles. The van der Waals surface area contributed by atoms with E-state index in [9.17, 15) is 19.2 Å². The van der Waals surface area contributed by atoms with Gasteiger partial charge in [0.05, 0.1) is 6.04 Å². The van der Waals surface area contributed by atoms with Crippen LogP contribution in [0.2, 0.25) is 0 Å². The molecule has 0 fully saturated rings. The number of alkyl carbamates (subject to hydrolysis) is 1. The number of ketones is 2. The Morgan fingerprint density at radius 1 is 1.15 bits per heavy atom. The van der Waals surface area contributed by atoms with E-state index in [2.05, 4.69) is 10.6 Å². The van der Waals surface area contributed by atoms with Crippen LogP contribution in [-0.2, 0) is 38.6 Å². The molecule has 2 amide bonds. The molecule has 33 heavy (non-hydrogen) atoms. The minimum atomic E-state index is -0.809. The van der Waals surface area contributed by atoms with Gasteiger partial charge in [-0.3, -0.25) is 14.4 Å². The molecule has 176 valence electrons. The first-order valence-electron chi connectivity index (χ1n) is 11.2. The lowest BCUT2D eigenvalue weighted by atomic mass is 9.86. The molecular weight excluding hydrogens is 440 g/mol. The zero-order valence-corrected chi connectivity index (χ0v) is 19.8. The smallest absolute Gasteiger partial charge is 0.408 e. The van der Waals surface area contributed by atoms with Crippen LogP contribution in [0.25, 0.3) is 0 Å². The summed E-state index contributed by atoms with van der Waals surface area (Å²) in [6.07, 6.45) is 0.941. The maximum atomic E-state index is 13.1. The Kier molecular flexibility index (Phi) is 8.77. The van der Waals surface area contributed by atoms with Crippen LogP contribution in [0.1, 0.15) is 42.7 Å². The fraction of sp³-hybridized carbons (Fsp3) is 0.440. The zero-order valence-electron chi connectivity index (χ0n) is 19.0. The van der Waals surface area contributed by atoms with E-state index in [-0.39, 0.29) is 24.7 Å². The van der Waals surface area contributed by atoms with Crippen molar-refractivity contribution in [3.8, 4) is 0 Å². The quantitative estimate of drug-likeness (QED) is 0.604. The summed E-state index contributed by atoms with van der Waals surface area (Å²) in [4.78, 5) is 51.7. The van der Waals surface area contributed by atoms with E-state index in [1.54, 1.807) is 11.3 Å². The Bertz CT molecular complexity index is 986. The van der Waals surface area contributed by atoms with E-state index in [0.717, 1.165) is 11.1 Å². The molecule has 0 saturated heterocycles. The Labute approximate surface area is 197 Å². The van der Waals surface area contributed by atoms with Gasteiger partial charge in [-0.05, 0) is 47.8 Å². The van der Waals surface area contributed by atoms with Crippen LogP contribution < -0.4 is 10.6 Å². The molecule has 7 nitrogen and oxygen atoms in total. The lowest BCUT2D eigenvalue weighted by Gasteiger charge is -2.23. The Balaban J connectivity index is 1.64. The third-order valence-electron chi connectivity index (χ3n) is 5.78. The van der Waals surface area contributed by atoms with E-state index in [1.165, 1.54) is 4.88 Å². The minimum Gasteiger partial charge on any atom is -0.445 e. The van der Waals surface area contributed by atoms with Crippen molar-refractivity contribution in [2.24, 2.45) is 11.8 Å². The van der Waals surface area contributed by atoms with Crippen molar-refractivity contribution >= 4 is 34.9 Å². The third-order valence-corrected chi connectivity index (χ3v) is 6.80. The highest BCUT2D eigenvalue weighted by Gasteiger charge is 2.32. The van der Waals surface area contributed by atoms with Gasteiger partial charge in [0.2, 0.25) is 5.78 Å². The van der Waals surface area contributed by atoms with Gasteiger partial charge in [-0.1, -0.05) is 44.2 Å². The van der Waals surface area contributed by atoms with Crippen molar-refractivity contribution in [1.29, 1.82) is 0 Å². The van der Waals surface area contributed by atoms with E-state index in [1.807, 2.05) is 55.6 Å². The predicted octanol–water partition coefficient (Wildman–Crippen LogP) is 3.45. The van der Waals surface area contributed by atoms with Crippen molar-refractivity contribution in [3.63, 3.8) is 0 Å². The summed E-state index contributed by atoms with van der Waals surface area (Å²) in [7, 11) is 0. The molecule has 8 heteroatoms. The molecule has 0 spiro atoms. The topological polar surface area (TPSA) is 102 Å². The Morgan fingerprint density at radius 3 is 2.64 bits per heavy atom. The molecule has 2 unspecified atom stereocenters. The van der Waals surface area contributed by atoms with E-state index in [4.69, 9.17) is 4.74 Å². The summed E-state index contributed by atoms with van der Waals surface area (Å²) < 4.78 is 5.25. The number of rotatable bonds is 7. The van der Waals surface area contributed by atoms with Crippen molar-refractivity contribution in [2.75, 3.05) is 6.54 Å². The minimum absolute atomic E-state index is 0.0932. The van der Waals surface area contributed by atoms with Crippen LogP contribution in [0.5, 0.6) is 0 Å². The second-order valence-electron chi connectivity index (χ2n) is 8.57. The number of nitrogens with one attached hydrogen (secondary N) is 2. The summed E-state index contributed by atoms with van der Waals surface area (Å²) in [6.45, 7) is 4.12. The summed E-state index contributed by atoms with van der Waals surface area (Å²) in [5.41, 5.74) is 2.00. The standard InChI is InChI=1S/C25H30N2O5S/c1-16(2)22(27-25(31)32-15-17-6-4-3-5-7-17)20(28)14-19-9-8-18-11-13-33-21(18)10-12-26-24(30)23(19)29/h3-7,11,13,16,19,22H,8-10,12,14-15H2,1-2H3,(H,26,30)(H,27,31). The summed E-state index contributed by atoms with van der Waals surface area (Å²) in [5, 5.41) is 7.32. The third kappa shape index (κ3) is 6.99. The highest BCUT2D eigenvalue weighted by Crippen LogP contribution is 2.24. The number of aryl methyl sites for hydroxylation is 1. The van der Waals surface area contributed by atoms with Crippen LogP contribution in [0, 0.1) is 11.8 Å². The van der Waals surface area contributed by atoms with Gasteiger partial charge >= 0.3 is 6.09 Å². The predicted molar refractivity (Wildman–Crippen MR) is 126 cm³/mol. The second-order valence-corrected chi connectivity index (χ2v) is 9.57. The maximum absolute atomic E-state index is 13.1. The van der Waals surface area contributed by atoms with Crippen LogP contribution in [-0.4, -0.2) is 36.2 Å². The molecule has 2 aromatic rings. The Morgan fingerprint density at radius 2 is 1.91 bits per heavy atom. The Hall–Kier alpha value is -3.00. The van der Waals surface area contributed by atoms with Gasteiger partial charge in [0, 0.05) is 23.8 Å². The fourth-order valence-electron chi connectivity index (χ4n) is 3.91.